The lowest BCUT2D eigenvalue weighted by Gasteiger charge is -2.43. The molecule has 0 radical (unpaired) electrons. The number of hydrogen-bond acceptors (Lipinski definition) is 3. The fourth-order valence-electron chi connectivity index (χ4n) is 7.59. The molecule has 1 aliphatic carbocycles. The molecule has 2 atom stereocenters. The maximum Gasteiger partial charge on any atom is 0.261 e. The minimum Gasteiger partial charge on any atom is -0.407 e. The topological polar surface area (TPSA) is 47.6 Å². The Morgan fingerprint density at radius 2 is 1.10 bits per heavy atom. The van der Waals surface area contributed by atoms with E-state index in [1.165, 1.54) is 10.4 Å². The van der Waals surface area contributed by atoms with E-state index in [2.05, 4.69) is 173 Å². The molecule has 1 amide bonds. The highest BCUT2D eigenvalue weighted by molar-refractivity contribution is 6.99. The van der Waals surface area contributed by atoms with Crippen LogP contribution in [-0.2, 0) is 19.6 Å². The lowest BCUT2D eigenvalue weighted by atomic mass is 9.80. The number of amides is 1. The summed E-state index contributed by atoms with van der Waals surface area (Å²) in [6.07, 6.45) is 0.698. The molecule has 5 aromatic rings. The van der Waals surface area contributed by atoms with Gasteiger partial charge in [-0.3, -0.25) is 4.79 Å². The first-order chi connectivity index (χ1) is 24.1. The monoisotopic (exact) mass is 681 g/mol. The van der Waals surface area contributed by atoms with Gasteiger partial charge < -0.3 is 14.5 Å². The van der Waals surface area contributed by atoms with E-state index >= 15 is 0 Å². The van der Waals surface area contributed by atoms with E-state index in [1.54, 1.807) is 0 Å². The molecule has 1 N–H and O–H groups in total. The summed E-state index contributed by atoms with van der Waals surface area (Å²) in [7, 11) is -2.80. The smallest absolute Gasteiger partial charge is 0.261 e. The fourth-order valence-corrected chi connectivity index (χ4v) is 12.2. The Kier molecular flexibility index (Phi) is 10.6. The zero-order valence-electron chi connectivity index (χ0n) is 30.1. The van der Waals surface area contributed by atoms with Gasteiger partial charge in [0.25, 0.3) is 8.32 Å². The summed E-state index contributed by atoms with van der Waals surface area (Å²) >= 11 is 0. The van der Waals surface area contributed by atoms with Crippen LogP contribution in [0.4, 0.5) is 0 Å². The Morgan fingerprint density at radius 3 is 1.48 bits per heavy atom. The molecular formula is C45H51NO3Si. The van der Waals surface area contributed by atoms with Crippen molar-refractivity contribution < 1.29 is 14.0 Å². The molecule has 1 fully saturated rings. The van der Waals surface area contributed by atoms with Gasteiger partial charge in [-0.1, -0.05) is 186 Å². The van der Waals surface area contributed by atoms with Crippen LogP contribution in [0.2, 0.25) is 5.04 Å². The number of ether oxygens (including phenoxy) is 1. The molecular weight excluding hydrogens is 631 g/mol. The Labute approximate surface area is 300 Å². The van der Waals surface area contributed by atoms with Crippen molar-refractivity contribution in [2.45, 2.75) is 51.7 Å². The predicted molar refractivity (Wildman–Crippen MR) is 207 cm³/mol. The van der Waals surface area contributed by atoms with Crippen molar-refractivity contribution in [1.29, 1.82) is 0 Å². The SMILES string of the molecule is CC(C)CNC(=O)[C@@]1(COC(c2ccccc2)(c2ccccc2)c2ccccc2)C[C@H]1CO[Si](c1ccccc1)(c1ccccc1)C(C)(C)C. The van der Waals surface area contributed by atoms with Gasteiger partial charge in [-0.05, 0) is 50.4 Å². The van der Waals surface area contributed by atoms with Gasteiger partial charge in [0.1, 0.15) is 5.60 Å². The second-order valence-corrected chi connectivity index (χ2v) is 19.5. The van der Waals surface area contributed by atoms with Crippen LogP contribution in [0.3, 0.4) is 0 Å². The van der Waals surface area contributed by atoms with Crippen LogP contribution in [0.5, 0.6) is 0 Å². The van der Waals surface area contributed by atoms with Crippen LogP contribution in [-0.4, -0.2) is 34.0 Å². The maximum atomic E-state index is 14.4. The molecule has 1 aliphatic rings. The standard InChI is InChI=1S/C45H51NO3Si/c1-35(2)32-46-42(47)44(31-39(44)33-49-50(43(3,4)5,40-27-17-9-18-28-40)41-29-19-10-20-30-41)34-48-45(36-21-11-6-12-22-36,37-23-13-7-14-24-37)38-25-15-8-16-26-38/h6-30,35,39H,31-34H2,1-5H3,(H,46,47)/t39-,44+/m0/s1. The van der Waals surface area contributed by atoms with E-state index in [0.29, 0.717) is 25.5 Å². The highest BCUT2D eigenvalue weighted by atomic mass is 28.4. The van der Waals surface area contributed by atoms with Gasteiger partial charge in [0.05, 0.1) is 12.0 Å². The van der Waals surface area contributed by atoms with Crippen LogP contribution in [0.15, 0.2) is 152 Å². The number of benzene rings is 5. The van der Waals surface area contributed by atoms with Crippen LogP contribution >= 0.6 is 0 Å². The molecule has 6 rings (SSSR count). The third-order valence-corrected chi connectivity index (χ3v) is 15.4. The predicted octanol–water partition coefficient (Wildman–Crippen LogP) is 8.35. The summed E-state index contributed by atoms with van der Waals surface area (Å²) < 4.78 is 14.7. The summed E-state index contributed by atoms with van der Waals surface area (Å²) in [4.78, 5) is 14.4. The zero-order valence-corrected chi connectivity index (χ0v) is 31.1. The van der Waals surface area contributed by atoms with Gasteiger partial charge in [0.15, 0.2) is 0 Å². The third-order valence-electron chi connectivity index (χ3n) is 10.4. The van der Waals surface area contributed by atoms with Crippen molar-refractivity contribution in [2.75, 3.05) is 19.8 Å². The molecule has 0 aromatic heterocycles. The molecule has 5 heteroatoms. The van der Waals surface area contributed by atoms with Crippen LogP contribution in [0.1, 0.15) is 57.7 Å². The number of nitrogens with one attached hydrogen (secondary N) is 1. The van der Waals surface area contributed by atoms with Crippen molar-refractivity contribution >= 4 is 24.6 Å². The molecule has 0 aliphatic heterocycles. The second-order valence-electron chi connectivity index (χ2n) is 15.2. The molecule has 4 nitrogen and oxygen atoms in total. The van der Waals surface area contributed by atoms with Crippen molar-refractivity contribution in [3.05, 3.63) is 168 Å². The molecule has 258 valence electrons. The molecule has 0 bridgehead atoms. The first-order valence-electron chi connectivity index (χ1n) is 18.0. The van der Waals surface area contributed by atoms with Crippen molar-refractivity contribution in [3.8, 4) is 0 Å². The Balaban J connectivity index is 1.39. The van der Waals surface area contributed by atoms with E-state index in [9.17, 15) is 4.79 Å². The van der Waals surface area contributed by atoms with E-state index in [1.807, 2.05) is 18.2 Å². The van der Waals surface area contributed by atoms with Gasteiger partial charge in [-0.15, -0.1) is 0 Å². The third kappa shape index (κ3) is 6.87. The lowest BCUT2D eigenvalue weighted by Crippen LogP contribution is -2.66. The average Bonchev–Trinajstić information content (AvgIpc) is 3.87. The first kappa shape index (κ1) is 35.5. The van der Waals surface area contributed by atoms with Gasteiger partial charge in [-0.2, -0.15) is 0 Å². The Hall–Kier alpha value is -4.29. The number of carbonyl (C=O) groups is 1. The van der Waals surface area contributed by atoms with Gasteiger partial charge in [0, 0.05) is 13.2 Å². The van der Waals surface area contributed by atoms with E-state index < -0.39 is 19.3 Å². The summed E-state index contributed by atoms with van der Waals surface area (Å²) in [5, 5.41) is 5.61. The Morgan fingerprint density at radius 1 is 0.700 bits per heavy atom. The molecule has 0 spiro atoms. The molecule has 0 saturated heterocycles. The fraction of sp³-hybridized carbons (Fsp3) is 0.311. The summed E-state index contributed by atoms with van der Waals surface area (Å²) in [5.74, 6) is 0.376. The molecule has 50 heavy (non-hydrogen) atoms. The number of rotatable bonds is 14. The quantitative estimate of drug-likeness (QED) is 0.0947. The second kappa shape index (κ2) is 14.9. The summed E-state index contributed by atoms with van der Waals surface area (Å²) in [6, 6.07) is 52.7. The molecule has 0 heterocycles. The maximum absolute atomic E-state index is 14.4. The minimum atomic E-state index is -2.80. The zero-order chi connectivity index (χ0) is 35.2. The van der Waals surface area contributed by atoms with Gasteiger partial charge in [-0.25, -0.2) is 0 Å². The summed E-state index contributed by atoms with van der Waals surface area (Å²) in [6.45, 7) is 12.5. The molecule has 5 aromatic carbocycles. The Bertz CT molecular complexity index is 1670. The van der Waals surface area contributed by atoms with Gasteiger partial charge in [0.2, 0.25) is 5.91 Å². The van der Waals surface area contributed by atoms with E-state index in [4.69, 9.17) is 9.16 Å². The van der Waals surface area contributed by atoms with Crippen LogP contribution in [0.25, 0.3) is 0 Å². The van der Waals surface area contributed by atoms with Gasteiger partial charge >= 0.3 is 0 Å². The highest BCUT2D eigenvalue weighted by Gasteiger charge is 2.62. The van der Waals surface area contributed by atoms with Crippen molar-refractivity contribution in [2.24, 2.45) is 17.3 Å². The number of carbonyl (C=O) groups excluding carboxylic acids is 1. The van der Waals surface area contributed by atoms with Crippen molar-refractivity contribution in [1.82, 2.24) is 5.32 Å². The minimum absolute atomic E-state index is 0.00340. The largest absolute Gasteiger partial charge is 0.407 e. The van der Waals surface area contributed by atoms with E-state index in [-0.39, 0.29) is 23.5 Å². The number of hydrogen-bond donors (Lipinski definition) is 1. The average molecular weight is 682 g/mol. The highest BCUT2D eigenvalue weighted by Crippen LogP contribution is 2.56. The van der Waals surface area contributed by atoms with Crippen LogP contribution < -0.4 is 15.7 Å². The molecule has 0 unspecified atom stereocenters. The lowest BCUT2D eigenvalue weighted by molar-refractivity contribution is -0.132. The van der Waals surface area contributed by atoms with E-state index in [0.717, 1.165) is 16.7 Å². The van der Waals surface area contributed by atoms with Crippen molar-refractivity contribution in [3.63, 3.8) is 0 Å². The normalized spacial score (nSPS) is 17.8. The summed E-state index contributed by atoms with van der Waals surface area (Å²) in [5.41, 5.74) is 1.42. The first-order valence-corrected chi connectivity index (χ1v) is 19.9. The van der Waals surface area contributed by atoms with Crippen LogP contribution in [0, 0.1) is 17.3 Å². The molecule has 1 saturated carbocycles.